The largest absolute Gasteiger partial charge is 0.448 e. The van der Waals surface area contributed by atoms with Crippen LogP contribution in [-0.4, -0.2) is 43.4 Å². The van der Waals surface area contributed by atoms with Crippen LogP contribution in [0, 0.1) is 6.92 Å². The first kappa shape index (κ1) is 15.6. The number of likely N-dealkylation sites (tertiary alicyclic amines) is 1. The summed E-state index contributed by atoms with van der Waals surface area (Å²) in [7, 11) is 0. The van der Waals surface area contributed by atoms with Crippen molar-refractivity contribution >= 4 is 5.91 Å². The van der Waals surface area contributed by atoms with Crippen molar-refractivity contribution in [3.63, 3.8) is 0 Å². The number of imidazole rings is 1. The number of pyridine rings is 1. The van der Waals surface area contributed by atoms with Crippen molar-refractivity contribution in [2.24, 2.45) is 0 Å². The lowest BCUT2D eigenvalue weighted by Crippen LogP contribution is -2.39. The molecule has 0 radical (unpaired) electrons. The van der Waals surface area contributed by atoms with E-state index < -0.39 is 0 Å². The van der Waals surface area contributed by atoms with Crippen LogP contribution >= 0.6 is 0 Å². The zero-order chi connectivity index (χ0) is 17.2. The lowest BCUT2D eigenvalue weighted by Gasteiger charge is -2.32. The number of nitrogens with zero attached hydrogens (tertiary/aromatic N) is 5. The number of carbonyl (C=O) groups is 1. The third kappa shape index (κ3) is 3.17. The summed E-state index contributed by atoms with van der Waals surface area (Å²) in [6.45, 7) is 3.12. The average molecular weight is 337 g/mol. The summed E-state index contributed by atoms with van der Waals surface area (Å²) < 4.78 is 7.05. The molecule has 1 aliphatic heterocycles. The Hall–Kier alpha value is -2.96. The van der Waals surface area contributed by atoms with E-state index in [-0.39, 0.29) is 11.8 Å². The minimum absolute atomic E-state index is 0.0766. The lowest BCUT2D eigenvalue weighted by atomic mass is 9.94. The Morgan fingerprint density at radius 1 is 1.32 bits per heavy atom. The number of amides is 1. The van der Waals surface area contributed by atoms with Gasteiger partial charge in [-0.3, -0.25) is 9.36 Å². The molecule has 7 heteroatoms. The van der Waals surface area contributed by atoms with Gasteiger partial charge in [0.15, 0.2) is 11.6 Å². The molecule has 4 heterocycles. The Bertz CT molecular complexity index is 871. The standard InChI is InChI=1S/C18H19N5O2/c1-13-20-16(11-25-13)18(24)22-8-3-4-14(10-22)15-5-2-6-17(21-15)23-9-7-19-12-23/h2,5-7,9,11-12,14H,3-4,8,10H2,1H3/t14-/m0/s1. The third-order valence-electron chi connectivity index (χ3n) is 4.49. The molecule has 1 aliphatic rings. The summed E-state index contributed by atoms with van der Waals surface area (Å²) >= 11 is 0. The van der Waals surface area contributed by atoms with Crippen molar-refractivity contribution < 1.29 is 9.21 Å². The molecule has 3 aromatic heterocycles. The molecule has 0 bridgehead atoms. The fourth-order valence-corrected chi connectivity index (χ4v) is 3.23. The summed E-state index contributed by atoms with van der Waals surface area (Å²) in [5, 5.41) is 0. The second-order valence-corrected chi connectivity index (χ2v) is 6.23. The van der Waals surface area contributed by atoms with Crippen molar-refractivity contribution in [1.29, 1.82) is 0 Å². The van der Waals surface area contributed by atoms with Gasteiger partial charge in [-0.25, -0.2) is 15.0 Å². The minimum atomic E-state index is -0.0766. The van der Waals surface area contributed by atoms with Gasteiger partial charge in [0.1, 0.15) is 18.4 Å². The molecule has 1 saturated heterocycles. The van der Waals surface area contributed by atoms with E-state index in [1.165, 1.54) is 6.26 Å². The van der Waals surface area contributed by atoms with E-state index in [1.807, 2.05) is 33.9 Å². The van der Waals surface area contributed by atoms with Crippen molar-refractivity contribution in [3.05, 3.63) is 60.5 Å². The molecular formula is C18H19N5O2. The molecule has 0 saturated carbocycles. The van der Waals surface area contributed by atoms with E-state index in [0.29, 0.717) is 18.1 Å². The highest BCUT2D eigenvalue weighted by Gasteiger charge is 2.27. The fraction of sp³-hybridized carbons (Fsp3) is 0.333. The zero-order valence-electron chi connectivity index (χ0n) is 14.0. The van der Waals surface area contributed by atoms with Gasteiger partial charge in [-0.15, -0.1) is 0 Å². The van der Waals surface area contributed by atoms with Crippen LogP contribution < -0.4 is 0 Å². The van der Waals surface area contributed by atoms with Crippen LogP contribution in [0.5, 0.6) is 0 Å². The first-order valence-electron chi connectivity index (χ1n) is 8.37. The van der Waals surface area contributed by atoms with E-state index >= 15 is 0 Å². The van der Waals surface area contributed by atoms with E-state index in [2.05, 4.69) is 9.97 Å². The highest BCUT2D eigenvalue weighted by molar-refractivity contribution is 5.92. The van der Waals surface area contributed by atoms with Gasteiger partial charge >= 0.3 is 0 Å². The fourth-order valence-electron chi connectivity index (χ4n) is 3.23. The number of aromatic nitrogens is 4. The molecule has 0 aromatic carbocycles. The van der Waals surface area contributed by atoms with Crippen molar-refractivity contribution in [1.82, 2.24) is 24.4 Å². The van der Waals surface area contributed by atoms with E-state index in [0.717, 1.165) is 30.9 Å². The molecule has 0 unspecified atom stereocenters. The predicted molar refractivity (Wildman–Crippen MR) is 90.5 cm³/mol. The maximum Gasteiger partial charge on any atom is 0.275 e. The second kappa shape index (κ2) is 6.51. The van der Waals surface area contributed by atoms with Gasteiger partial charge in [-0.05, 0) is 25.0 Å². The van der Waals surface area contributed by atoms with Crippen LogP contribution in [0.15, 0.2) is 47.6 Å². The summed E-state index contributed by atoms with van der Waals surface area (Å²) in [6.07, 6.45) is 8.73. The summed E-state index contributed by atoms with van der Waals surface area (Å²) in [5.41, 5.74) is 1.37. The summed E-state index contributed by atoms with van der Waals surface area (Å²) in [6, 6.07) is 5.98. The Kier molecular flexibility index (Phi) is 4.05. The van der Waals surface area contributed by atoms with Crippen LogP contribution in [0.25, 0.3) is 5.82 Å². The van der Waals surface area contributed by atoms with E-state index in [4.69, 9.17) is 9.40 Å². The lowest BCUT2D eigenvalue weighted by molar-refractivity contribution is 0.0700. The van der Waals surface area contributed by atoms with Crippen LogP contribution in [0.2, 0.25) is 0 Å². The number of rotatable bonds is 3. The maximum atomic E-state index is 12.6. The van der Waals surface area contributed by atoms with Gasteiger partial charge in [-0.1, -0.05) is 6.07 Å². The monoisotopic (exact) mass is 337 g/mol. The van der Waals surface area contributed by atoms with Crippen molar-refractivity contribution in [2.45, 2.75) is 25.7 Å². The maximum absolute atomic E-state index is 12.6. The molecule has 0 N–H and O–H groups in total. The van der Waals surface area contributed by atoms with Gasteiger partial charge in [0.2, 0.25) is 0 Å². The molecule has 4 rings (SSSR count). The first-order valence-corrected chi connectivity index (χ1v) is 8.37. The topological polar surface area (TPSA) is 77.1 Å². The SMILES string of the molecule is Cc1nc(C(=O)N2CCC[C@H](c3cccc(-n4ccnc4)n3)C2)co1. The number of hydrogen-bond acceptors (Lipinski definition) is 5. The Morgan fingerprint density at radius 3 is 3.00 bits per heavy atom. The predicted octanol–water partition coefficient (Wildman–Crippen LogP) is 2.58. The first-order chi connectivity index (χ1) is 12.2. The molecule has 25 heavy (non-hydrogen) atoms. The molecule has 1 fully saturated rings. The third-order valence-corrected chi connectivity index (χ3v) is 4.49. The van der Waals surface area contributed by atoms with E-state index in [1.54, 1.807) is 19.4 Å². The Morgan fingerprint density at radius 2 is 2.24 bits per heavy atom. The molecule has 1 amide bonds. The molecule has 1 atom stereocenters. The highest BCUT2D eigenvalue weighted by atomic mass is 16.3. The van der Waals surface area contributed by atoms with Gasteiger partial charge in [0, 0.05) is 44.0 Å². The quantitative estimate of drug-likeness (QED) is 0.734. The molecule has 3 aromatic rings. The van der Waals surface area contributed by atoms with Gasteiger partial charge in [-0.2, -0.15) is 0 Å². The van der Waals surface area contributed by atoms with Crippen LogP contribution in [-0.2, 0) is 0 Å². The number of hydrogen-bond donors (Lipinski definition) is 0. The zero-order valence-corrected chi connectivity index (χ0v) is 14.0. The highest BCUT2D eigenvalue weighted by Crippen LogP contribution is 2.27. The normalized spacial score (nSPS) is 17.6. The summed E-state index contributed by atoms with van der Waals surface area (Å²) in [4.78, 5) is 27.4. The van der Waals surface area contributed by atoms with Crippen LogP contribution in [0.4, 0.5) is 0 Å². The van der Waals surface area contributed by atoms with Gasteiger partial charge in [0.05, 0.1) is 0 Å². The minimum Gasteiger partial charge on any atom is -0.448 e. The summed E-state index contributed by atoms with van der Waals surface area (Å²) in [5.74, 6) is 1.48. The van der Waals surface area contributed by atoms with Crippen LogP contribution in [0.1, 0.15) is 40.8 Å². The number of aryl methyl sites for hydroxylation is 1. The second-order valence-electron chi connectivity index (χ2n) is 6.23. The average Bonchev–Trinajstić information content (AvgIpc) is 3.33. The number of carbonyl (C=O) groups excluding carboxylic acids is 1. The molecule has 0 spiro atoms. The Labute approximate surface area is 145 Å². The molecular weight excluding hydrogens is 318 g/mol. The Balaban J connectivity index is 1.53. The van der Waals surface area contributed by atoms with Gasteiger partial charge in [0.25, 0.3) is 5.91 Å². The molecule has 7 nitrogen and oxygen atoms in total. The number of oxazole rings is 1. The molecule has 128 valence electrons. The number of piperidine rings is 1. The smallest absolute Gasteiger partial charge is 0.275 e. The van der Waals surface area contributed by atoms with Gasteiger partial charge < -0.3 is 9.32 Å². The van der Waals surface area contributed by atoms with E-state index in [9.17, 15) is 4.79 Å². The van der Waals surface area contributed by atoms with Crippen molar-refractivity contribution in [3.8, 4) is 5.82 Å². The molecule has 0 aliphatic carbocycles. The van der Waals surface area contributed by atoms with Crippen molar-refractivity contribution in [2.75, 3.05) is 13.1 Å². The van der Waals surface area contributed by atoms with Crippen LogP contribution in [0.3, 0.4) is 0 Å².